The summed E-state index contributed by atoms with van der Waals surface area (Å²) in [6.45, 7) is 8.43. The first-order valence-corrected chi connectivity index (χ1v) is 6.05. The first kappa shape index (κ1) is 12.6. The number of benzene rings is 1. The molecule has 1 aromatic heterocycles. The third-order valence-corrected chi connectivity index (χ3v) is 3.09. The van der Waals surface area contributed by atoms with Crippen LogP contribution in [0.1, 0.15) is 37.6 Å². The van der Waals surface area contributed by atoms with Gasteiger partial charge in [-0.15, -0.1) is 0 Å². The van der Waals surface area contributed by atoms with Crippen LogP contribution in [0.15, 0.2) is 24.3 Å². The molecule has 2 aromatic rings. The smallest absolute Gasteiger partial charge is 0.123 e. The Morgan fingerprint density at radius 3 is 2.44 bits per heavy atom. The number of nitrogen functional groups attached to an aromatic ring is 1. The Labute approximate surface area is 108 Å². The number of aryl methyl sites for hydroxylation is 1. The average Bonchev–Trinajstić information content (AvgIpc) is 2.25. The molecule has 0 aliphatic carbocycles. The highest BCUT2D eigenvalue weighted by atomic mass is 14.7. The molecule has 0 aliphatic heterocycles. The minimum Gasteiger partial charge on any atom is -0.384 e. The largest absolute Gasteiger partial charge is 0.384 e. The second kappa shape index (κ2) is 4.09. The van der Waals surface area contributed by atoms with Crippen LogP contribution in [0.5, 0.6) is 0 Å². The van der Waals surface area contributed by atoms with Crippen LogP contribution in [0.4, 0.5) is 0 Å². The quantitative estimate of drug-likeness (QED) is 0.595. The first-order chi connectivity index (χ1) is 8.29. The molecule has 3 nitrogen and oxygen atoms in total. The summed E-state index contributed by atoms with van der Waals surface area (Å²) in [6.07, 6.45) is 0. The number of rotatable bonds is 1. The number of nitrogens with two attached hydrogens (primary N) is 1. The van der Waals surface area contributed by atoms with Gasteiger partial charge in [-0.3, -0.25) is 10.4 Å². The van der Waals surface area contributed by atoms with E-state index in [1.54, 1.807) is 0 Å². The van der Waals surface area contributed by atoms with E-state index in [1.807, 2.05) is 19.1 Å². The van der Waals surface area contributed by atoms with E-state index in [-0.39, 0.29) is 11.3 Å². The van der Waals surface area contributed by atoms with Crippen LogP contribution in [0.25, 0.3) is 10.9 Å². The van der Waals surface area contributed by atoms with Gasteiger partial charge in [0.25, 0.3) is 0 Å². The molecule has 2 rings (SSSR count). The van der Waals surface area contributed by atoms with E-state index in [0.29, 0.717) is 0 Å². The van der Waals surface area contributed by atoms with Crippen molar-refractivity contribution in [3.05, 3.63) is 41.1 Å². The molecule has 94 valence electrons. The molecule has 0 saturated carbocycles. The normalized spacial score (nSPS) is 11.8. The van der Waals surface area contributed by atoms with Gasteiger partial charge in [0.15, 0.2) is 0 Å². The van der Waals surface area contributed by atoms with E-state index in [4.69, 9.17) is 11.1 Å². The van der Waals surface area contributed by atoms with Crippen molar-refractivity contribution in [2.45, 2.75) is 33.1 Å². The monoisotopic (exact) mass is 241 g/mol. The standard InChI is InChI=1S/C15H19N3/c1-9-7-12(14(16)17)11-8-10(15(2,3)4)5-6-13(11)18-9/h5-8H,1-4H3,(H3,16,17). The van der Waals surface area contributed by atoms with Crippen molar-refractivity contribution in [1.29, 1.82) is 5.41 Å². The van der Waals surface area contributed by atoms with Gasteiger partial charge in [-0.2, -0.15) is 0 Å². The van der Waals surface area contributed by atoms with Crippen molar-refractivity contribution in [1.82, 2.24) is 4.98 Å². The summed E-state index contributed by atoms with van der Waals surface area (Å²) in [7, 11) is 0. The zero-order valence-corrected chi connectivity index (χ0v) is 11.3. The van der Waals surface area contributed by atoms with Crippen molar-refractivity contribution in [3.8, 4) is 0 Å². The Morgan fingerprint density at radius 1 is 1.22 bits per heavy atom. The number of nitrogens with zero attached hydrogens (tertiary/aromatic N) is 1. The number of aromatic nitrogens is 1. The highest BCUT2D eigenvalue weighted by Crippen LogP contribution is 2.27. The maximum absolute atomic E-state index is 7.69. The van der Waals surface area contributed by atoms with Crippen LogP contribution in [-0.2, 0) is 5.41 Å². The Bertz CT molecular complexity index is 621. The number of fused-ring (bicyclic) bond motifs is 1. The molecule has 1 aromatic carbocycles. The van der Waals surface area contributed by atoms with Crippen molar-refractivity contribution >= 4 is 16.7 Å². The molecular weight excluding hydrogens is 222 g/mol. The topological polar surface area (TPSA) is 62.8 Å². The third kappa shape index (κ3) is 2.21. The van der Waals surface area contributed by atoms with Gasteiger partial charge in [-0.1, -0.05) is 26.8 Å². The van der Waals surface area contributed by atoms with Crippen LogP contribution in [0.3, 0.4) is 0 Å². The van der Waals surface area contributed by atoms with Crippen LogP contribution in [-0.4, -0.2) is 10.8 Å². The summed E-state index contributed by atoms with van der Waals surface area (Å²) in [5, 5.41) is 8.65. The number of nitrogens with one attached hydrogen (secondary N) is 1. The van der Waals surface area contributed by atoms with E-state index < -0.39 is 0 Å². The molecule has 0 atom stereocenters. The summed E-state index contributed by atoms with van der Waals surface area (Å²) >= 11 is 0. The fourth-order valence-electron chi connectivity index (χ4n) is 2.05. The Morgan fingerprint density at radius 2 is 1.89 bits per heavy atom. The summed E-state index contributed by atoms with van der Waals surface area (Å²) in [5.74, 6) is 0.0940. The van der Waals surface area contributed by atoms with Crippen LogP contribution >= 0.6 is 0 Å². The lowest BCUT2D eigenvalue weighted by molar-refractivity contribution is 0.591. The predicted octanol–water partition coefficient (Wildman–Crippen LogP) is 3.12. The molecule has 1 heterocycles. The molecule has 0 spiro atoms. The lowest BCUT2D eigenvalue weighted by Crippen LogP contribution is -2.14. The maximum atomic E-state index is 7.69. The summed E-state index contributed by atoms with van der Waals surface area (Å²) < 4.78 is 0. The highest BCUT2D eigenvalue weighted by Gasteiger charge is 2.15. The average molecular weight is 241 g/mol. The molecule has 0 amide bonds. The van der Waals surface area contributed by atoms with Gasteiger partial charge < -0.3 is 5.73 Å². The van der Waals surface area contributed by atoms with Gasteiger partial charge in [-0.05, 0) is 36.1 Å². The minimum absolute atomic E-state index is 0.0765. The minimum atomic E-state index is 0.0765. The molecule has 3 N–H and O–H groups in total. The summed E-state index contributed by atoms with van der Waals surface area (Å²) in [5.41, 5.74) is 9.51. The number of pyridine rings is 1. The number of amidine groups is 1. The van der Waals surface area contributed by atoms with Crippen LogP contribution < -0.4 is 5.73 Å². The van der Waals surface area contributed by atoms with Gasteiger partial charge in [-0.25, -0.2) is 0 Å². The zero-order valence-electron chi connectivity index (χ0n) is 11.3. The second-order valence-corrected chi connectivity index (χ2v) is 5.71. The van der Waals surface area contributed by atoms with Crippen molar-refractivity contribution in [2.24, 2.45) is 5.73 Å². The van der Waals surface area contributed by atoms with E-state index in [2.05, 4.69) is 37.9 Å². The molecule has 0 bridgehead atoms. The van der Waals surface area contributed by atoms with Crippen LogP contribution in [0, 0.1) is 12.3 Å². The molecule has 3 heteroatoms. The first-order valence-electron chi connectivity index (χ1n) is 6.05. The molecule has 0 saturated heterocycles. The molecule has 0 aliphatic rings. The Kier molecular flexibility index (Phi) is 2.85. The van der Waals surface area contributed by atoms with Gasteiger partial charge in [0, 0.05) is 16.6 Å². The van der Waals surface area contributed by atoms with Gasteiger partial charge in [0.2, 0.25) is 0 Å². The molecule has 18 heavy (non-hydrogen) atoms. The lowest BCUT2D eigenvalue weighted by atomic mass is 9.86. The fraction of sp³-hybridized carbons (Fsp3) is 0.333. The maximum Gasteiger partial charge on any atom is 0.123 e. The fourth-order valence-corrected chi connectivity index (χ4v) is 2.05. The molecular formula is C15H19N3. The molecule has 0 radical (unpaired) electrons. The van der Waals surface area contributed by atoms with E-state index in [9.17, 15) is 0 Å². The van der Waals surface area contributed by atoms with E-state index >= 15 is 0 Å². The number of hydrogen-bond donors (Lipinski definition) is 2. The predicted molar refractivity (Wildman–Crippen MR) is 76.2 cm³/mol. The Balaban J connectivity index is 2.79. The van der Waals surface area contributed by atoms with Crippen molar-refractivity contribution in [2.75, 3.05) is 0 Å². The van der Waals surface area contributed by atoms with Crippen LogP contribution in [0.2, 0.25) is 0 Å². The van der Waals surface area contributed by atoms with Gasteiger partial charge >= 0.3 is 0 Å². The molecule has 0 fully saturated rings. The van der Waals surface area contributed by atoms with Crippen molar-refractivity contribution < 1.29 is 0 Å². The van der Waals surface area contributed by atoms with E-state index in [1.165, 1.54) is 5.56 Å². The van der Waals surface area contributed by atoms with Crippen molar-refractivity contribution in [3.63, 3.8) is 0 Å². The molecule has 0 unspecified atom stereocenters. The lowest BCUT2D eigenvalue weighted by Gasteiger charge is -2.20. The van der Waals surface area contributed by atoms with Gasteiger partial charge in [0.05, 0.1) is 5.52 Å². The summed E-state index contributed by atoms with van der Waals surface area (Å²) in [6, 6.07) is 8.07. The Hall–Kier alpha value is -1.90. The summed E-state index contributed by atoms with van der Waals surface area (Å²) in [4.78, 5) is 4.49. The number of hydrogen-bond acceptors (Lipinski definition) is 2. The highest BCUT2D eigenvalue weighted by molar-refractivity contribution is 6.06. The zero-order chi connectivity index (χ0) is 13.5. The third-order valence-electron chi connectivity index (χ3n) is 3.09. The van der Waals surface area contributed by atoms with E-state index in [0.717, 1.165) is 22.2 Å². The SMILES string of the molecule is Cc1cc(C(=N)N)c2cc(C(C)(C)C)ccc2n1. The second-order valence-electron chi connectivity index (χ2n) is 5.71. The van der Waals surface area contributed by atoms with Gasteiger partial charge in [0.1, 0.15) is 5.84 Å².